The van der Waals surface area contributed by atoms with E-state index in [9.17, 15) is 14.0 Å². The number of benzene rings is 1. The molecule has 1 aliphatic carbocycles. The van der Waals surface area contributed by atoms with Crippen molar-refractivity contribution in [2.75, 3.05) is 7.11 Å². The van der Waals surface area contributed by atoms with Gasteiger partial charge in [-0.05, 0) is 31.4 Å². The quantitative estimate of drug-likeness (QED) is 0.865. The van der Waals surface area contributed by atoms with Crippen LogP contribution in [0.5, 0.6) is 5.75 Å². The number of carboxylic acid groups (broad SMARTS) is 1. The third kappa shape index (κ3) is 2.74. The molecule has 1 aliphatic rings. The van der Waals surface area contributed by atoms with E-state index in [0.29, 0.717) is 12.8 Å². The van der Waals surface area contributed by atoms with Crippen molar-refractivity contribution in [3.63, 3.8) is 0 Å². The van der Waals surface area contributed by atoms with Gasteiger partial charge < -0.3 is 15.2 Å². The van der Waals surface area contributed by atoms with Gasteiger partial charge in [0.15, 0.2) is 11.6 Å². The first-order valence-corrected chi connectivity index (χ1v) is 6.34. The van der Waals surface area contributed by atoms with Gasteiger partial charge in [0.2, 0.25) is 0 Å². The molecular formula is C14H16FNO4. The first-order chi connectivity index (χ1) is 9.47. The third-order valence-electron chi connectivity index (χ3n) is 3.61. The van der Waals surface area contributed by atoms with Crippen LogP contribution in [-0.4, -0.2) is 29.6 Å². The van der Waals surface area contributed by atoms with Gasteiger partial charge in [-0.1, -0.05) is 6.07 Å². The van der Waals surface area contributed by atoms with Gasteiger partial charge in [-0.25, -0.2) is 4.39 Å². The van der Waals surface area contributed by atoms with Crippen LogP contribution in [-0.2, 0) is 4.79 Å². The Balaban J connectivity index is 2.18. The van der Waals surface area contributed by atoms with Crippen LogP contribution in [0.2, 0.25) is 0 Å². The summed E-state index contributed by atoms with van der Waals surface area (Å²) in [6, 6.07) is 4.28. The molecule has 0 spiro atoms. The summed E-state index contributed by atoms with van der Waals surface area (Å²) in [5.74, 6) is -2.34. The van der Waals surface area contributed by atoms with Gasteiger partial charge in [0, 0.05) is 0 Å². The standard InChI is InChI=1S/C14H16FNO4/c1-20-10-5-2-4-9(12(10)15)13(19)16-14(6-3-7-14)8-11(17)18/h2,4-5H,3,6-8H2,1H3,(H,16,19)(H,17,18). The maximum Gasteiger partial charge on any atom is 0.305 e. The number of nitrogens with one attached hydrogen (secondary N) is 1. The van der Waals surface area contributed by atoms with Gasteiger partial charge in [0.25, 0.3) is 5.91 Å². The molecule has 0 aliphatic heterocycles. The van der Waals surface area contributed by atoms with E-state index >= 15 is 0 Å². The molecule has 1 aromatic rings. The van der Waals surface area contributed by atoms with E-state index < -0.39 is 23.2 Å². The van der Waals surface area contributed by atoms with Gasteiger partial charge in [0.1, 0.15) is 0 Å². The summed E-state index contributed by atoms with van der Waals surface area (Å²) < 4.78 is 18.8. The van der Waals surface area contributed by atoms with Crippen LogP contribution in [0.15, 0.2) is 18.2 Å². The number of ether oxygens (including phenoxy) is 1. The Labute approximate surface area is 115 Å². The molecule has 2 N–H and O–H groups in total. The second kappa shape index (κ2) is 5.48. The zero-order chi connectivity index (χ0) is 14.8. The average Bonchev–Trinajstić information content (AvgIpc) is 2.35. The minimum atomic E-state index is -0.976. The van der Waals surface area contributed by atoms with Crippen molar-refractivity contribution >= 4 is 11.9 Å². The second-order valence-electron chi connectivity index (χ2n) is 4.98. The molecular weight excluding hydrogens is 265 g/mol. The summed E-state index contributed by atoms with van der Waals surface area (Å²) in [5.41, 5.74) is -0.890. The van der Waals surface area contributed by atoms with Gasteiger partial charge in [-0.2, -0.15) is 0 Å². The number of carboxylic acids is 1. The lowest BCUT2D eigenvalue weighted by molar-refractivity contribution is -0.139. The first-order valence-electron chi connectivity index (χ1n) is 6.34. The molecule has 108 valence electrons. The van der Waals surface area contributed by atoms with Gasteiger partial charge >= 0.3 is 5.97 Å². The predicted octanol–water partition coefficient (Wildman–Crippen LogP) is 1.96. The fourth-order valence-electron chi connectivity index (χ4n) is 2.39. The van der Waals surface area contributed by atoms with Crippen molar-refractivity contribution in [3.8, 4) is 5.75 Å². The lowest BCUT2D eigenvalue weighted by Gasteiger charge is -2.41. The molecule has 0 saturated heterocycles. The van der Waals surface area contributed by atoms with E-state index in [0.717, 1.165) is 6.42 Å². The smallest absolute Gasteiger partial charge is 0.305 e. The molecule has 1 saturated carbocycles. The zero-order valence-electron chi connectivity index (χ0n) is 11.1. The summed E-state index contributed by atoms with van der Waals surface area (Å²) in [7, 11) is 1.32. The minimum Gasteiger partial charge on any atom is -0.494 e. The number of methoxy groups -OCH3 is 1. The van der Waals surface area contributed by atoms with Gasteiger partial charge in [0.05, 0.1) is 24.6 Å². The number of hydrogen-bond donors (Lipinski definition) is 2. The van der Waals surface area contributed by atoms with E-state index in [1.165, 1.54) is 25.3 Å². The molecule has 5 nitrogen and oxygen atoms in total. The Bertz CT molecular complexity index is 540. The van der Waals surface area contributed by atoms with Gasteiger partial charge in [-0.15, -0.1) is 0 Å². The normalized spacial score (nSPS) is 16.1. The Morgan fingerprint density at radius 2 is 2.15 bits per heavy atom. The lowest BCUT2D eigenvalue weighted by atomic mass is 9.74. The molecule has 0 bridgehead atoms. The van der Waals surface area contributed by atoms with Crippen LogP contribution in [0, 0.1) is 5.82 Å². The Morgan fingerprint density at radius 3 is 2.65 bits per heavy atom. The van der Waals surface area contributed by atoms with Crippen molar-refractivity contribution in [1.82, 2.24) is 5.32 Å². The maximum atomic E-state index is 14.0. The predicted molar refractivity (Wildman–Crippen MR) is 69.3 cm³/mol. The average molecular weight is 281 g/mol. The van der Waals surface area contributed by atoms with E-state index in [2.05, 4.69) is 5.32 Å². The zero-order valence-corrected chi connectivity index (χ0v) is 11.1. The summed E-state index contributed by atoms with van der Waals surface area (Å²) in [4.78, 5) is 23.0. The molecule has 0 atom stereocenters. The van der Waals surface area contributed by atoms with Crippen LogP contribution in [0.25, 0.3) is 0 Å². The number of rotatable bonds is 5. The van der Waals surface area contributed by atoms with Crippen molar-refractivity contribution < 1.29 is 23.8 Å². The molecule has 1 amide bonds. The molecule has 1 fully saturated rings. The van der Waals surface area contributed by atoms with Crippen molar-refractivity contribution in [1.29, 1.82) is 0 Å². The van der Waals surface area contributed by atoms with E-state index in [1.54, 1.807) is 0 Å². The van der Waals surface area contributed by atoms with E-state index in [4.69, 9.17) is 9.84 Å². The fourth-order valence-corrected chi connectivity index (χ4v) is 2.39. The fraction of sp³-hybridized carbons (Fsp3) is 0.429. The van der Waals surface area contributed by atoms with Crippen LogP contribution in [0.3, 0.4) is 0 Å². The Kier molecular flexibility index (Phi) is 3.92. The van der Waals surface area contributed by atoms with E-state index in [-0.39, 0.29) is 17.7 Å². The molecule has 20 heavy (non-hydrogen) atoms. The molecule has 1 aromatic carbocycles. The highest BCUT2D eigenvalue weighted by molar-refractivity contribution is 5.95. The number of carbonyl (C=O) groups is 2. The minimum absolute atomic E-state index is 0.0152. The number of amides is 1. The maximum absolute atomic E-state index is 14.0. The summed E-state index contributed by atoms with van der Waals surface area (Å²) in [5, 5.41) is 11.5. The van der Waals surface area contributed by atoms with Crippen LogP contribution < -0.4 is 10.1 Å². The summed E-state index contributed by atoms with van der Waals surface area (Å²) >= 11 is 0. The lowest BCUT2D eigenvalue weighted by Crippen LogP contribution is -2.54. The number of halogens is 1. The molecule has 0 radical (unpaired) electrons. The first kappa shape index (κ1) is 14.3. The second-order valence-corrected chi connectivity index (χ2v) is 4.98. The van der Waals surface area contributed by atoms with Gasteiger partial charge in [-0.3, -0.25) is 9.59 Å². The number of carbonyl (C=O) groups excluding carboxylic acids is 1. The molecule has 2 rings (SSSR count). The summed E-state index contributed by atoms with van der Waals surface area (Å²) in [6.07, 6.45) is 1.89. The van der Waals surface area contributed by atoms with Crippen molar-refractivity contribution in [2.24, 2.45) is 0 Å². The highest BCUT2D eigenvalue weighted by atomic mass is 19.1. The van der Waals surface area contributed by atoms with Crippen molar-refractivity contribution in [2.45, 2.75) is 31.2 Å². The molecule has 0 heterocycles. The van der Waals surface area contributed by atoms with Crippen LogP contribution in [0.4, 0.5) is 4.39 Å². The molecule has 6 heteroatoms. The SMILES string of the molecule is COc1cccc(C(=O)NC2(CC(=O)O)CCC2)c1F. The Morgan fingerprint density at radius 1 is 1.45 bits per heavy atom. The topological polar surface area (TPSA) is 75.6 Å². The number of hydrogen-bond acceptors (Lipinski definition) is 3. The molecule has 0 aromatic heterocycles. The Hall–Kier alpha value is -2.11. The highest BCUT2D eigenvalue weighted by Gasteiger charge is 2.40. The third-order valence-corrected chi connectivity index (χ3v) is 3.61. The summed E-state index contributed by atoms with van der Waals surface area (Å²) in [6.45, 7) is 0. The highest BCUT2D eigenvalue weighted by Crippen LogP contribution is 2.35. The van der Waals surface area contributed by atoms with Crippen LogP contribution in [0.1, 0.15) is 36.0 Å². The van der Waals surface area contributed by atoms with Crippen LogP contribution >= 0.6 is 0 Å². The largest absolute Gasteiger partial charge is 0.494 e. The monoisotopic (exact) mass is 281 g/mol. The van der Waals surface area contributed by atoms with Crippen molar-refractivity contribution in [3.05, 3.63) is 29.6 Å². The molecule has 0 unspecified atom stereocenters. The van der Waals surface area contributed by atoms with E-state index in [1.807, 2.05) is 0 Å². The number of aliphatic carboxylic acids is 1.